The molecule has 1 aromatic carbocycles. The third-order valence-corrected chi connectivity index (χ3v) is 3.32. The summed E-state index contributed by atoms with van der Waals surface area (Å²) in [4.78, 5) is 36.3. The molecular formula is C16H14N2O6. The Morgan fingerprint density at radius 2 is 2.04 bits per heavy atom. The van der Waals surface area contributed by atoms with Crippen molar-refractivity contribution in [1.82, 2.24) is 5.16 Å². The molecule has 1 amide bonds. The Kier molecular flexibility index (Phi) is 4.28. The molecule has 24 heavy (non-hydrogen) atoms. The van der Waals surface area contributed by atoms with Crippen LogP contribution in [0.2, 0.25) is 0 Å². The minimum absolute atomic E-state index is 0.0563. The van der Waals surface area contributed by atoms with Crippen LogP contribution in [0, 0.1) is 12.8 Å². The maximum Gasteiger partial charge on any atom is 0.329 e. The van der Waals surface area contributed by atoms with Gasteiger partial charge in [-0.1, -0.05) is 23.4 Å². The van der Waals surface area contributed by atoms with Gasteiger partial charge in [-0.15, -0.1) is 0 Å². The van der Waals surface area contributed by atoms with Crippen molar-refractivity contribution < 1.29 is 28.4 Å². The Morgan fingerprint density at radius 3 is 2.67 bits per heavy atom. The van der Waals surface area contributed by atoms with Crippen LogP contribution in [-0.2, 0) is 19.1 Å². The second-order valence-electron chi connectivity index (χ2n) is 5.22. The number of hydrogen-bond acceptors (Lipinski definition) is 7. The highest BCUT2D eigenvalue weighted by atomic mass is 16.7. The van der Waals surface area contributed by atoms with Gasteiger partial charge in [0.05, 0.1) is 12.1 Å². The van der Waals surface area contributed by atoms with Crippen LogP contribution in [0.25, 0.3) is 0 Å². The van der Waals surface area contributed by atoms with Crippen LogP contribution >= 0.6 is 0 Å². The number of nitrogens with zero attached hydrogens (tertiary/aromatic N) is 1. The normalized spacial score (nSPS) is 20.4. The summed E-state index contributed by atoms with van der Waals surface area (Å²) in [5.74, 6) is -3.39. The number of ketones is 1. The quantitative estimate of drug-likeness (QED) is 0.668. The van der Waals surface area contributed by atoms with Gasteiger partial charge in [-0.25, -0.2) is 0 Å². The molecule has 1 fully saturated rings. The molecule has 1 aromatic heterocycles. The second kappa shape index (κ2) is 6.53. The lowest BCUT2D eigenvalue weighted by atomic mass is 9.98. The van der Waals surface area contributed by atoms with E-state index in [1.807, 2.05) is 0 Å². The number of anilines is 1. The van der Waals surface area contributed by atoms with Crippen LogP contribution in [-0.4, -0.2) is 29.1 Å². The smallest absolute Gasteiger partial charge is 0.329 e. The van der Waals surface area contributed by atoms with E-state index in [0.717, 1.165) is 0 Å². The van der Waals surface area contributed by atoms with Crippen molar-refractivity contribution in [2.45, 2.75) is 19.6 Å². The third-order valence-electron chi connectivity index (χ3n) is 3.32. The molecule has 0 aliphatic carbocycles. The Bertz CT molecular complexity index is 752. The van der Waals surface area contributed by atoms with Gasteiger partial charge in [-0.2, -0.15) is 0 Å². The summed E-state index contributed by atoms with van der Waals surface area (Å²) in [6, 6.07) is 10.1. The van der Waals surface area contributed by atoms with Crippen molar-refractivity contribution >= 4 is 23.5 Å². The predicted octanol–water partition coefficient (Wildman–Crippen LogP) is 1.46. The largest absolute Gasteiger partial charge is 0.454 e. The van der Waals surface area contributed by atoms with Gasteiger partial charge in [-0.3, -0.25) is 19.7 Å². The lowest BCUT2D eigenvalue weighted by Gasteiger charge is -2.26. The average Bonchev–Trinajstić information content (AvgIpc) is 2.92. The zero-order chi connectivity index (χ0) is 17.1. The van der Waals surface area contributed by atoms with E-state index >= 15 is 0 Å². The summed E-state index contributed by atoms with van der Waals surface area (Å²) >= 11 is 0. The topological polar surface area (TPSA) is 108 Å². The van der Waals surface area contributed by atoms with E-state index in [-0.39, 0.29) is 12.3 Å². The molecular weight excluding hydrogens is 316 g/mol. The molecule has 1 aliphatic rings. The highest BCUT2D eigenvalue weighted by molar-refractivity contribution is 6.20. The van der Waals surface area contributed by atoms with Gasteiger partial charge in [0.15, 0.2) is 11.7 Å². The minimum Gasteiger partial charge on any atom is -0.454 e. The van der Waals surface area contributed by atoms with E-state index in [1.54, 1.807) is 37.3 Å². The maximum absolute atomic E-state index is 12.2. The van der Waals surface area contributed by atoms with E-state index in [2.05, 4.69) is 10.5 Å². The number of esters is 1. The van der Waals surface area contributed by atoms with Crippen molar-refractivity contribution in [2.24, 2.45) is 5.92 Å². The monoisotopic (exact) mass is 330 g/mol. The Hall–Kier alpha value is -3.16. The number of carbonyl (C=O) groups excluding carboxylic acids is 3. The summed E-state index contributed by atoms with van der Waals surface area (Å²) in [6.45, 7) is 1.67. The zero-order valence-electron chi connectivity index (χ0n) is 12.7. The highest BCUT2D eigenvalue weighted by Crippen LogP contribution is 2.22. The van der Waals surface area contributed by atoms with Crippen molar-refractivity contribution in [1.29, 1.82) is 0 Å². The molecule has 1 saturated heterocycles. The summed E-state index contributed by atoms with van der Waals surface area (Å²) in [7, 11) is 0. The fraction of sp³-hybridized carbons (Fsp3) is 0.250. The molecule has 0 saturated carbocycles. The Balaban J connectivity index is 1.64. The predicted molar refractivity (Wildman–Crippen MR) is 79.9 cm³/mol. The molecule has 2 aromatic rings. The van der Waals surface area contributed by atoms with Crippen molar-refractivity contribution in [3.63, 3.8) is 0 Å². The average molecular weight is 330 g/mol. The van der Waals surface area contributed by atoms with Gasteiger partial charge < -0.3 is 14.0 Å². The number of benzene rings is 1. The molecule has 0 radical (unpaired) electrons. The molecule has 124 valence electrons. The molecule has 3 rings (SSSR count). The third kappa shape index (κ3) is 3.43. The van der Waals surface area contributed by atoms with Gasteiger partial charge in [0.1, 0.15) is 5.75 Å². The van der Waals surface area contributed by atoms with Crippen molar-refractivity contribution in [3.05, 3.63) is 42.1 Å². The first-order valence-corrected chi connectivity index (χ1v) is 7.22. The zero-order valence-corrected chi connectivity index (χ0v) is 12.7. The van der Waals surface area contributed by atoms with Crippen molar-refractivity contribution in [2.75, 3.05) is 5.32 Å². The number of aromatic nitrogens is 1. The van der Waals surface area contributed by atoms with Gasteiger partial charge in [0, 0.05) is 6.07 Å². The van der Waals surface area contributed by atoms with Crippen LogP contribution in [0.1, 0.15) is 12.1 Å². The summed E-state index contributed by atoms with van der Waals surface area (Å²) in [5.41, 5.74) is 0.555. The molecule has 2 heterocycles. The number of Topliss-reactive ketones (excluding diaryl/α,β-unsaturated/α-hetero) is 1. The molecule has 0 bridgehead atoms. The number of aryl methyl sites for hydroxylation is 1. The number of carbonyl (C=O) groups is 3. The standard InChI is InChI=1S/C16H14N2O6/c1-9-7-12(24-18-9)17-15(20)14-11(19)8-13(23-16(14)21)22-10-5-3-2-4-6-10/h2-7,13-14H,8H2,1H3,(H,17,20). The van der Waals surface area contributed by atoms with Crippen molar-refractivity contribution in [3.8, 4) is 5.75 Å². The van der Waals surface area contributed by atoms with E-state index in [4.69, 9.17) is 14.0 Å². The summed E-state index contributed by atoms with van der Waals surface area (Å²) < 4.78 is 15.3. The number of nitrogens with one attached hydrogen (secondary N) is 1. The summed E-state index contributed by atoms with van der Waals surface area (Å²) in [5, 5.41) is 5.93. The van der Waals surface area contributed by atoms with Gasteiger partial charge in [-0.05, 0) is 19.1 Å². The number of rotatable bonds is 4. The first-order valence-electron chi connectivity index (χ1n) is 7.22. The van der Waals surface area contributed by atoms with Gasteiger partial charge in [0.25, 0.3) is 6.29 Å². The van der Waals surface area contributed by atoms with E-state index in [1.165, 1.54) is 6.07 Å². The number of hydrogen-bond donors (Lipinski definition) is 1. The first kappa shape index (κ1) is 15.7. The van der Waals surface area contributed by atoms with Crippen LogP contribution in [0.3, 0.4) is 0 Å². The second-order valence-corrected chi connectivity index (χ2v) is 5.22. The molecule has 2 unspecified atom stereocenters. The number of amides is 1. The van der Waals surface area contributed by atoms with Crippen LogP contribution in [0.4, 0.5) is 5.88 Å². The fourth-order valence-corrected chi connectivity index (χ4v) is 2.24. The number of cyclic esters (lactones) is 1. The van der Waals surface area contributed by atoms with Gasteiger partial charge in [0.2, 0.25) is 11.8 Å². The fourth-order valence-electron chi connectivity index (χ4n) is 2.24. The number of para-hydroxylation sites is 1. The van der Waals surface area contributed by atoms with Crippen LogP contribution in [0.5, 0.6) is 5.75 Å². The molecule has 1 N–H and O–H groups in total. The molecule has 8 nitrogen and oxygen atoms in total. The Morgan fingerprint density at radius 1 is 1.29 bits per heavy atom. The van der Waals surface area contributed by atoms with Gasteiger partial charge >= 0.3 is 5.97 Å². The lowest BCUT2D eigenvalue weighted by molar-refractivity contribution is -0.181. The van der Waals surface area contributed by atoms with Crippen LogP contribution in [0.15, 0.2) is 40.9 Å². The molecule has 0 spiro atoms. The minimum atomic E-state index is -1.55. The van der Waals surface area contributed by atoms with Crippen LogP contribution < -0.4 is 10.1 Å². The maximum atomic E-state index is 12.2. The summed E-state index contributed by atoms with van der Waals surface area (Å²) in [6.07, 6.45) is -1.27. The highest BCUT2D eigenvalue weighted by Gasteiger charge is 2.43. The SMILES string of the molecule is Cc1cc(NC(=O)C2C(=O)CC(Oc3ccccc3)OC2=O)on1. The molecule has 2 atom stereocenters. The van der Waals surface area contributed by atoms with E-state index < -0.39 is 29.9 Å². The Labute approximate surface area is 136 Å². The molecule has 8 heteroatoms. The lowest BCUT2D eigenvalue weighted by Crippen LogP contribution is -2.46. The first-order chi connectivity index (χ1) is 11.5. The molecule has 1 aliphatic heterocycles. The number of ether oxygens (including phenoxy) is 2. The van der Waals surface area contributed by atoms with E-state index in [0.29, 0.717) is 11.4 Å². The van der Waals surface area contributed by atoms with E-state index in [9.17, 15) is 14.4 Å².